The summed E-state index contributed by atoms with van der Waals surface area (Å²) < 4.78 is 5.46. The zero-order chi connectivity index (χ0) is 13.9. The molecular formula is C14H21N3O2. The van der Waals surface area contributed by atoms with Crippen LogP contribution in [0.3, 0.4) is 0 Å². The average molecular weight is 263 g/mol. The van der Waals surface area contributed by atoms with Gasteiger partial charge in [-0.15, -0.1) is 0 Å². The molecule has 0 bridgehead atoms. The van der Waals surface area contributed by atoms with Crippen LogP contribution in [0.1, 0.15) is 30.8 Å². The molecule has 1 amide bonds. The van der Waals surface area contributed by atoms with E-state index >= 15 is 0 Å². The van der Waals surface area contributed by atoms with Crippen molar-refractivity contribution in [2.24, 2.45) is 11.1 Å². The first-order valence-corrected chi connectivity index (χ1v) is 6.67. The number of ether oxygens (including phenoxy) is 1. The molecule has 1 aromatic rings. The highest BCUT2D eigenvalue weighted by atomic mass is 16.5. The Morgan fingerprint density at radius 3 is 3.05 bits per heavy atom. The van der Waals surface area contributed by atoms with Crippen molar-refractivity contribution in [1.29, 1.82) is 0 Å². The molecule has 0 saturated carbocycles. The van der Waals surface area contributed by atoms with Gasteiger partial charge in [0.25, 0.3) is 5.91 Å². The Balaban J connectivity index is 2.17. The lowest BCUT2D eigenvalue weighted by Gasteiger charge is -2.22. The summed E-state index contributed by atoms with van der Waals surface area (Å²) in [5.41, 5.74) is 6.19. The van der Waals surface area contributed by atoms with Crippen LogP contribution in [0, 0.1) is 5.41 Å². The predicted octanol–water partition coefficient (Wildman–Crippen LogP) is 1.29. The predicted molar refractivity (Wildman–Crippen MR) is 73.1 cm³/mol. The third-order valence-corrected chi connectivity index (χ3v) is 3.61. The highest BCUT2D eigenvalue weighted by molar-refractivity contribution is 5.95. The van der Waals surface area contributed by atoms with E-state index in [0.29, 0.717) is 31.1 Å². The van der Waals surface area contributed by atoms with Gasteiger partial charge in [-0.2, -0.15) is 0 Å². The van der Waals surface area contributed by atoms with Gasteiger partial charge in [0.05, 0.1) is 6.61 Å². The number of aromatic nitrogens is 1. The Hall–Kier alpha value is -1.62. The van der Waals surface area contributed by atoms with Crippen LogP contribution in [0.15, 0.2) is 18.3 Å². The van der Waals surface area contributed by atoms with Gasteiger partial charge in [0.1, 0.15) is 0 Å². The zero-order valence-corrected chi connectivity index (χ0v) is 11.6. The van der Waals surface area contributed by atoms with Crippen LogP contribution in [-0.4, -0.2) is 42.0 Å². The van der Waals surface area contributed by atoms with Crippen LogP contribution in [0.2, 0.25) is 0 Å². The SMILES string of the molecule is CCOc1cccnc1C(=O)N1CCC(C)(CN)C1. The molecule has 1 saturated heterocycles. The molecule has 0 radical (unpaired) electrons. The van der Waals surface area contributed by atoms with Gasteiger partial charge in [-0.3, -0.25) is 4.79 Å². The van der Waals surface area contributed by atoms with Crippen LogP contribution >= 0.6 is 0 Å². The number of nitrogens with zero attached hydrogens (tertiary/aromatic N) is 2. The molecule has 104 valence electrons. The molecule has 1 aliphatic heterocycles. The van der Waals surface area contributed by atoms with E-state index < -0.39 is 0 Å². The monoisotopic (exact) mass is 263 g/mol. The number of carbonyl (C=O) groups is 1. The highest BCUT2D eigenvalue weighted by Gasteiger charge is 2.36. The Morgan fingerprint density at radius 2 is 2.42 bits per heavy atom. The summed E-state index contributed by atoms with van der Waals surface area (Å²) in [4.78, 5) is 18.5. The fourth-order valence-corrected chi connectivity index (χ4v) is 2.34. The minimum absolute atomic E-state index is 0.0240. The van der Waals surface area contributed by atoms with Crippen molar-refractivity contribution in [3.05, 3.63) is 24.0 Å². The summed E-state index contributed by atoms with van der Waals surface area (Å²) in [6.07, 6.45) is 2.56. The van der Waals surface area contributed by atoms with Crippen molar-refractivity contribution in [1.82, 2.24) is 9.88 Å². The summed E-state index contributed by atoms with van der Waals surface area (Å²) in [5, 5.41) is 0. The third-order valence-electron chi connectivity index (χ3n) is 3.61. The molecule has 5 heteroatoms. The molecular weight excluding hydrogens is 242 g/mol. The van der Waals surface area contributed by atoms with Gasteiger partial charge in [-0.1, -0.05) is 6.92 Å². The maximum Gasteiger partial charge on any atom is 0.276 e. The van der Waals surface area contributed by atoms with Gasteiger partial charge in [0.2, 0.25) is 0 Å². The summed E-state index contributed by atoms with van der Waals surface area (Å²) in [7, 11) is 0. The molecule has 2 rings (SSSR count). The van der Waals surface area contributed by atoms with Crippen LogP contribution in [0.25, 0.3) is 0 Å². The first-order valence-electron chi connectivity index (χ1n) is 6.67. The van der Waals surface area contributed by atoms with E-state index in [1.54, 1.807) is 18.3 Å². The Morgan fingerprint density at radius 1 is 1.63 bits per heavy atom. The molecule has 0 aliphatic carbocycles. The molecule has 1 fully saturated rings. The van der Waals surface area contributed by atoms with Gasteiger partial charge in [-0.05, 0) is 37.4 Å². The quantitative estimate of drug-likeness (QED) is 0.888. The Labute approximate surface area is 113 Å². The van der Waals surface area contributed by atoms with Gasteiger partial charge in [0.15, 0.2) is 11.4 Å². The molecule has 0 spiro atoms. The van der Waals surface area contributed by atoms with Crippen molar-refractivity contribution < 1.29 is 9.53 Å². The normalized spacial score (nSPS) is 22.6. The summed E-state index contributed by atoms with van der Waals surface area (Å²) >= 11 is 0. The van der Waals surface area contributed by atoms with Crippen molar-refractivity contribution >= 4 is 5.91 Å². The number of hydrogen-bond acceptors (Lipinski definition) is 4. The molecule has 2 heterocycles. The van der Waals surface area contributed by atoms with Gasteiger partial charge in [-0.25, -0.2) is 4.98 Å². The van der Waals surface area contributed by atoms with Crippen molar-refractivity contribution in [3.8, 4) is 5.75 Å². The molecule has 1 aliphatic rings. The van der Waals surface area contributed by atoms with E-state index in [9.17, 15) is 4.79 Å². The van der Waals surface area contributed by atoms with E-state index in [1.165, 1.54) is 0 Å². The minimum atomic E-state index is -0.0683. The number of nitrogens with two attached hydrogens (primary N) is 1. The average Bonchev–Trinajstić information content (AvgIpc) is 2.83. The van der Waals surface area contributed by atoms with E-state index in [0.717, 1.165) is 13.0 Å². The number of likely N-dealkylation sites (tertiary alicyclic amines) is 1. The van der Waals surface area contributed by atoms with E-state index in [-0.39, 0.29) is 11.3 Å². The lowest BCUT2D eigenvalue weighted by Crippen LogP contribution is -2.35. The zero-order valence-electron chi connectivity index (χ0n) is 11.6. The third kappa shape index (κ3) is 2.87. The lowest BCUT2D eigenvalue weighted by molar-refractivity contribution is 0.0766. The topological polar surface area (TPSA) is 68.5 Å². The summed E-state index contributed by atoms with van der Waals surface area (Å²) in [5.74, 6) is 0.484. The van der Waals surface area contributed by atoms with Gasteiger partial charge < -0.3 is 15.4 Å². The number of hydrogen-bond donors (Lipinski definition) is 1. The molecule has 2 N–H and O–H groups in total. The maximum absolute atomic E-state index is 12.5. The first kappa shape index (κ1) is 13.8. The summed E-state index contributed by atoms with van der Waals surface area (Å²) in [6.45, 7) is 6.54. The number of rotatable bonds is 4. The van der Waals surface area contributed by atoms with E-state index in [4.69, 9.17) is 10.5 Å². The second-order valence-electron chi connectivity index (χ2n) is 5.27. The Kier molecular flexibility index (Phi) is 4.04. The number of pyridine rings is 1. The minimum Gasteiger partial charge on any atom is -0.491 e. The first-order chi connectivity index (χ1) is 9.09. The number of amides is 1. The van der Waals surface area contributed by atoms with Gasteiger partial charge >= 0.3 is 0 Å². The fourth-order valence-electron chi connectivity index (χ4n) is 2.34. The second-order valence-corrected chi connectivity index (χ2v) is 5.27. The van der Waals surface area contributed by atoms with Crippen molar-refractivity contribution in [3.63, 3.8) is 0 Å². The van der Waals surface area contributed by atoms with Crippen molar-refractivity contribution in [2.75, 3.05) is 26.2 Å². The van der Waals surface area contributed by atoms with Crippen LogP contribution in [-0.2, 0) is 0 Å². The standard InChI is InChI=1S/C14H21N3O2/c1-3-19-11-5-4-7-16-12(11)13(18)17-8-6-14(2,9-15)10-17/h4-5,7H,3,6,8-10,15H2,1-2H3. The molecule has 0 aromatic carbocycles. The molecule has 1 unspecified atom stereocenters. The molecule has 5 nitrogen and oxygen atoms in total. The lowest BCUT2D eigenvalue weighted by atomic mass is 9.90. The van der Waals surface area contributed by atoms with Crippen LogP contribution in [0.5, 0.6) is 5.75 Å². The van der Waals surface area contributed by atoms with Crippen LogP contribution in [0.4, 0.5) is 0 Å². The molecule has 1 atom stereocenters. The second kappa shape index (κ2) is 5.57. The van der Waals surface area contributed by atoms with E-state index in [2.05, 4.69) is 11.9 Å². The van der Waals surface area contributed by atoms with Gasteiger partial charge in [0, 0.05) is 19.3 Å². The highest BCUT2D eigenvalue weighted by Crippen LogP contribution is 2.30. The van der Waals surface area contributed by atoms with Crippen LogP contribution < -0.4 is 10.5 Å². The Bertz CT molecular complexity index is 464. The van der Waals surface area contributed by atoms with E-state index in [1.807, 2.05) is 11.8 Å². The largest absolute Gasteiger partial charge is 0.491 e. The molecule has 19 heavy (non-hydrogen) atoms. The fraction of sp³-hybridized carbons (Fsp3) is 0.571. The molecule has 1 aromatic heterocycles. The number of carbonyl (C=O) groups excluding carboxylic acids is 1. The smallest absolute Gasteiger partial charge is 0.276 e. The van der Waals surface area contributed by atoms with Crippen molar-refractivity contribution in [2.45, 2.75) is 20.3 Å². The maximum atomic E-state index is 12.5. The summed E-state index contributed by atoms with van der Waals surface area (Å²) in [6, 6.07) is 3.55.